The molecule has 1 aromatic rings. The molecule has 2 amide bonds. The maximum Gasteiger partial charge on any atom is 0.224 e. The molecule has 5 nitrogen and oxygen atoms in total. The van der Waals surface area contributed by atoms with Gasteiger partial charge in [0.05, 0.1) is 11.6 Å². The first-order valence-electron chi connectivity index (χ1n) is 7.16. The quantitative estimate of drug-likeness (QED) is 0.900. The molecule has 2 rings (SSSR count). The summed E-state index contributed by atoms with van der Waals surface area (Å²) in [5.74, 6) is 0.509. The van der Waals surface area contributed by atoms with Crippen molar-refractivity contribution >= 4 is 17.5 Å². The number of carbonyl (C=O) groups excluding carboxylic acids is 2. The number of hydrogen-bond donors (Lipinski definition) is 1. The van der Waals surface area contributed by atoms with Crippen molar-refractivity contribution in [1.29, 1.82) is 5.26 Å². The van der Waals surface area contributed by atoms with Gasteiger partial charge in [0.25, 0.3) is 0 Å². The Hall–Kier alpha value is -2.35. The van der Waals surface area contributed by atoms with E-state index in [1.165, 1.54) is 0 Å². The van der Waals surface area contributed by atoms with E-state index in [-0.39, 0.29) is 11.8 Å². The normalized spacial score (nSPS) is 17.6. The average Bonchev–Trinajstić information content (AvgIpc) is 2.77. The van der Waals surface area contributed by atoms with Crippen molar-refractivity contribution in [3.63, 3.8) is 0 Å². The molecule has 1 fully saturated rings. The highest BCUT2D eigenvalue weighted by Gasteiger charge is 2.25. The number of anilines is 1. The molecular weight excluding hydrogens is 266 g/mol. The largest absolute Gasteiger partial charge is 0.342 e. The molecule has 1 aromatic carbocycles. The lowest BCUT2D eigenvalue weighted by Gasteiger charge is -2.15. The minimum absolute atomic E-state index is 0.0928. The van der Waals surface area contributed by atoms with Crippen molar-refractivity contribution in [2.75, 3.05) is 18.4 Å². The number of amides is 2. The summed E-state index contributed by atoms with van der Waals surface area (Å²) in [5, 5.41) is 11.6. The van der Waals surface area contributed by atoms with E-state index in [0.717, 1.165) is 6.54 Å². The lowest BCUT2D eigenvalue weighted by Crippen LogP contribution is -2.27. The van der Waals surface area contributed by atoms with Crippen LogP contribution in [0, 0.1) is 17.2 Å². The topological polar surface area (TPSA) is 73.2 Å². The maximum absolute atomic E-state index is 11.8. The van der Waals surface area contributed by atoms with Crippen LogP contribution in [0.25, 0.3) is 0 Å². The third-order valence-corrected chi connectivity index (χ3v) is 3.52. The van der Waals surface area contributed by atoms with Crippen LogP contribution in [-0.4, -0.2) is 29.8 Å². The zero-order chi connectivity index (χ0) is 15.2. The van der Waals surface area contributed by atoms with Gasteiger partial charge in [-0.3, -0.25) is 9.59 Å². The Labute approximate surface area is 124 Å². The molecule has 5 heteroatoms. The van der Waals surface area contributed by atoms with Crippen LogP contribution in [0.2, 0.25) is 0 Å². The lowest BCUT2D eigenvalue weighted by atomic mass is 10.2. The first-order valence-corrected chi connectivity index (χ1v) is 7.16. The molecule has 1 saturated heterocycles. The number of benzene rings is 1. The summed E-state index contributed by atoms with van der Waals surface area (Å²) in [7, 11) is 0. The van der Waals surface area contributed by atoms with Crippen LogP contribution >= 0.6 is 0 Å². The summed E-state index contributed by atoms with van der Waals surface area (Å²) in [6.45, 7) is 3.49. The Morgan fingerprint density at radius 1 is 1.52 bits per heavy atom. The Morgan fingerprint density at radius 3 is 3.00 bits per heavy atom. The highest BCUT2D eigenvalue weighted by Crippen LogP contribution is 2.17. The summed E-state index contributed by atoms with van der Waals surface area (Å²) in [4.78, 5) is 25.3. The molecule has 0 aliphatic carbocycles. The number of nitrogens with one attached hydrogen (secondary N) is 1. The minimum Gasteiger partial charge on any atom is -0.342 e. The molecule has 0 saturated carbocycles. The molecule has 0 radical (unpaired) electrons. The van der Waals surface area contributed by atoms with Gasteiger partial charge >= 0.3 is 0 Å². The van der Waals surface area contributed by atoms with Gasteiger partial charge in [-0.2, -0.15) is 5.26 Å². The zero-order valence-electron chi connectivity index (χ0n) is 12.1. The second-order valence-corrected chi connectivity index (χ2v) is 5.49. The van der Waals surface area contributed by atoms with Crippen molar-refractivity contribution in [3.05, 3.63) is 29.8 Å². The first kappa shape index (κ1) is 15.0. The number of nitrogens with zero attached hydrogens (tertiary/aromatic N) is 2. The van der Waals surface area contributed by atoms with Crippen LogP contribution in [0.15, 0.2) is 24.3 Å². The van der Waals surface area contributed by atoms with Crippen LogP contribution in [0.4, 0.5) is 5.69 Å². The smallest absolute Gasteiger partial charge is 0.224 e. The van der Waals surface area contributed by atoms with Crippen LogP contribution in [-0.2, 0) is 9.59 Å². The van der Waals surface area contributed by atoms with Crippen molar-refractivity contribution in [2.45, 2.75) is 26.2 Å². The summed E-state index contributed by atoms with van der Waals surface area (Å²) in [6, 6.07) is 8.86. The standard InChI is InChI=1S/C16H19N3O2/c1-12-8-16(21)19(11-12)7-3-6-15(20)18-14-5-2-4-13(9-14)10-17/h2,4-5,9,12H,3,6-8,11H2,1H3,(H,18,20). The van der Waals surface area contributed by atoms with Gasteiger partial charge in [0.15, 0.2) is 0 Å². The van der Waals surface area contributed by atoms with Crippen LogP contribution in [0.3, 0.4) is 0 Å². The molecule has 1 aliphatic rings. The maximum atomic E-state index is 11.8. The van der Waals surface area contributed by atoms with Gasteiger partial charge in [0.1, 0.15) is 0 Å². The molecule has 1 aliphatic heterocycles. The summed E-state index contributed by atoms with van der Waals surface area (Å²) in [5.41, 5.74) is 1.15. The number of carbonyl (C=O) groups is 2. The van der Waals surface area contributed by atoms with Gasteiger partial charge in [0, 0.05) is 31.6 Å². The van der Waals surface area contributed by atoms with E-state index in [1.54, 1.807) is 24.3 Å². The number of hydrogen-bond acceptors (Lipinski definition) is 3. The van der Waals surface area contributed by atoms with Crippen LogP contribution in [0.5, 0.6) is 0 Å². The Kier molecular flexibility index (Phi) is 4.94. The van der Waals surface area contributed by atoms with Crippen LogP contribution in [0.1, 0.15) is 31.7 Å². The van der Waals surface area contributed by atoms with E-state index in [9.17, 15) is 9.59 Å². The number of likely N-dealkylation sites (tertiary alicyclic amines) is 1. The summed E-state index contributed by atoms with van der Waals surface area (Å²) in [6.07, 6.45) is 1.64. The fraction of sp³-hybridized carbons (Fsp3) is 0.438. The van der Waals surface area contributed by atoms with E-state index < -0.39 is 0 Å². The van der Waals surface area contributed by atoms with Crippen molar-refractivity contribution in [3.8, 4) is 6.07 Å². The fourth-order valence-corrected chi connectivity index (χ4v) is 2.51. The van der Waals surface area contributed by atoms with E-state index in [0.29, 0.717) is 43.0 Å². The summed E-state index contributed by atoms with van der Waals surface area (Å²) < 4.78 is 0. The van der Waals surface area contributed by atoms with E-state index in [1.807, 2.05) is 11.0 Å². The van der Waals surface area contributed by atoms with Crippen molar-refractivity contribution in [2.24, 2.45) is 5.92 Å². The molecule has 1 unspecified atom stereocenters. The Bertz CT molecular complexity index is 577. The summed E-state index contributed by atoms with van der Waals surface area (Å²) >= 11 is 0. The molecule has 1 heterocycles. The molecule has 0 spiro atoms. The second-order valence-electron chi connectivity index (χ2n) is 5.49. The van der Waals surface area contributed by atoms with Gasteiger partial charge in [-0.1, -0.05) is 13.0 Å². The monoisotopic (exact) mass is 285 g/mol. The second kappa shape index (κ2) is 6.89. The third kappa shape index (κ3) is 4.32. The molecule has 0 aromatic heterocycles. The number of nitriles is 1. The van der Waals surface area contributed by atoms with E-state index in [4.69, 9.17) is 5.26 Å². The van der Waals surface area contributed by atoms with Gasteiger partial charge in [-0.25, -0.2) is 0 Å². The molecule has 21 heavy (non-hydrogen) atoms. The molecule has 110 valence electrons. The highest BCUT2D eigenvalue weighted by atomic mass is 16.2. The van der Waals surface area contributed by atoms with E-state index >= 15 is 0 Å². The number of rotatable bonds is 5. The minimum atomic E-state index is -0.0928. The van der Waals surface area contributed by atoms with Crippen molar-refractivity contribution in [1.82, 2.24) is 4.90 Å². The van der Waals surface area contributed by atoms with Gasteiger partial charge < -0.3 is 10.2 Å². The molecule has 0 bridgehead atoms. The fourth-order valence-electron chi connectivity index (χ4n) is 2.51. The Morgan fingerprint density at radius 2 is 2.33 bits per heavy atom. The highest BCUT2D eigenvalue weighted by molar-refractivity contribution is 5.90. The zero-order valence-corrected chi connectivity index (χ0v) is 12.1. The van der Waals surface area contributed by atoms with Gasteiger partial charge in [0.2, 0.25) is 11.8 Å². The van der Waals surface area contributed by atoms with Crippen molar-refractivity contribution < 1.29 is 9.59 Å². The molecule has 1 atom stereocenters. The van der Waals surface area contributed by atoms with Gasteiger partial charge in [-0.15, -0.1) is 0 Å². The molecule has 1 N–H and O–H groups in total. The Balaban J connectivity index is 1.75. The third-order valence-electron chi connectivity index (χ3n) is 3.52. The SMILES string of the molecule is CC1CC(=O)N(CCCC(=O)Nc2cccc(C#N)c2)C1. The predicted molar refractivity (Wildman–Crippen MR) is 79.4 cm³/mol. The first-order chi connectivity index (χ1) is 10.1. The van der Waals surface area contributed by atoms with E-state index in [2.05, 4.69) is 12.2 Å². The predicted octanol–water partition coefficient (Wildman–Crippen LogP) is 2.15. The average molecular weight is 285 g/mol. The van der Waals surface area contributed by atoms with Crippen LogP contribution < -0.4 is 5.32 Å². The lowest BCUT2D eigenvalue weighted by molar-refractivity contribution is -0.128. The van der Waals surface area contributed by atoms with Gasteiger partial charge in [-0.05, 0) is 30.5 Å². The molecular formula is C16H19N3O2.